The lowest BCUT2D eigenvalue weighted by molar-refractivity contribution is -0.274. The SMILES string of the molecule is CC[C@@H](NC(=O)OC(C)(C)C)C(=O)Nc1ccc(Oc2ccc(C#N)c(OC(F)(F)F)c2)nc1. The molecule has 34 heavy (non-hydrogen) atoms. The average Bonchev–Trinajstić information content (AvgIpc) is 2.71. The molecule has 2 aromatic rings. The number of amides is 2. The maximum Gasteiger partial charge on any atom is 0.573 e. The van der Waals surface area contributed by atoms with Crippen LogP contribution < -0.4 is 20.1 Å². The number of nitrogens with zero attached hydrogens (tertiary/aromatic N) is 2. The highest BCUT2D eigenvalue weighted by Crippen LogP contribution is 2.31. The Morgan fingerprint density at radius 2 is 1.88 bits per heavy atom. The fraction of sp³-hybridized carbons (Fsp3) is 0.364. The van der Waals surface area contributed by atoms with Crippen LogP contribution in [0.4, 0.5) is 23.7 Å². The van der Waals surface area contributed by atoms with Gasteiger partial charge in [0.25, 0.3) is 0 Å². The van der Waals surface area contributed by atoms with E-state index in [1.54, 1.807) is 33.8 Å². The van der Waals surface area contributed by atoms with Gasteiger partial charge in [0, 0.05) is 12.1 Å². The Morgan fingerprint density at radius 3 is 2.41 bits per heavy atom. The third-order valence-corrected chi connectivity index (χ3v) is 3.94. The van der Waals surface area contributed by atoms with E-state index >= 15 is 0 Å². The van der Waals surface area contributed by atoms with Gasteiger partial charge in [-0.05, 0) is 45.4 Å². The Labute approximate surface area is 193 Å². The molecule has 0 saturated carbocycles. The molecule has 0 aliphatic carbocycles. The molecule has 1 atom stereocenters. The van der Waals surface area contributed by atoms with E-state index in [1.807, 2.05) is 0 Å². The molecule has 0 spiro atoms. The summed E-state index contributed by atoms with van der Waals surface area (Å²) in [6, 6.07) is 6.90. The first kappa shape index (κ1) is 26.2. The summed E-state index contributed by atoms with van der Waals surface area (Å²) in [5, 5.41) is 14.0. The Bertz CT molecular complexity index is 1060. The molecule has 0 bridgehead atoms. The minimum absolute atomic E-state index is 0.0135. The summed E-state index contributed by atoms with van der Waals surface area (Å²) in [6.07, 6.45) is -4.13. The second-order valence-electron chi connectivity index (χ2n) is 7.90. The van der Waals surface area contributed by atoms with E-state index in [9.17, 15) is 22.8 Å². The Hall–Kier alpha value is -4.01. The van der Waals surface area contributed by atoms with Crippen LogP contribution in [0.25, 0.3) is 0 Å². The van der Waals surface area contributed by atoms with Gasteiger partial charge in [0.1, 0.15) is 23.5 Å². The van der Waals surface area contributed by atoms with Gasteiger partial charge in [-0.3, -0.25) is 4.79 Å². The topological polar surface area (TPSA) is 123 Å². The molecule has 2 amide bonds. The van der Waals surface area contributed by atoms with Crippen LogP contribution in [0.15, 0.2) is 36.5 Å². The van der Waals surface area contributed by atoms with Crippen molar-refractivity contribution in [2.24, 2.45) is 0 Å². The van der Waals surface area contributed by atoms with E-state index in [0.717, 1.165) is 12.1 Å². The number of ether oxygens (including phenoxy) is 3. The molecule has 2 rings (SSSR count). The molecule has 0 saturated heterocycles. The molecular formula is C22H23F3N4O5. The van der Waals surface area contributed by atoms with E-state index < -0.39 is 35.8 Å². The molecule has 0 radical (unpaired) electrons. The van der Waals surface area contributed by atoms with Gasteiger partial charge < -0.3 is 24.8 Å². The fourth-order valence-electron chi connectivity index (χ4n) is 2.54. The molecule has 0 unspecified atom stereocenters. The lowest BCUT2D eigenvalue weighted by Crippen LogP contribution is -2.45. The molecule has 182 valence electrons. The molecule has 9 nitrogen and oxygen atoms in total. The zero-order chi connectivity index (χ0) is 25.5. The van der Waals surface area contributed by atoms with Crippen molar-refractivity contribution in [1.29, 1.82) is 5.26 Å². The molecule has 12 heteroatoms. The number of alkyl halides is 3. The summed E-state index contributed by atoms with van der Waals surface area (Å²) < 4.78 is 52.0. The fourth-order valence-corrected chi connectivity index (χ4v) is 2.54. The van der Waals surface area contributed by atoms with Crippen molar-refractivity contribution >= 4 is 17.7 Å². The van der Waals surface area contributed by atoms with Crippen LogP contribution in [0, 0.1) is 11.3 Å². The number of halogens is 3. The lowest BCUT2D eigenvalue weighted by atomic mass is 10.2. The van der Waals surface area contributed by atoms with Gasteiger partial charge in [-0.2, -0.15) is 5.26 Å². The van der Waals surface area contributed by atoms with Crippen molar-refractivity contribution in [2.75, 3.05) is 5.32 Å². The number of aromatic nitrogens is 1. The Morgan fingerprint density at radius 1 is 1.18 bits per heavy atom. The Kier molecular flexibility index (Phi) is 8.29. The quantitative estimate of drug-likeness (QED) is 0.579. The monoisotopic (exact) mass is 480 g/mol. The average molecular weight is 480 g/mol. The van der Waals surface area contributed by atoms with Crippen LogP contribution in [-0.4, -0.2) is 35.0 Å². The van der Waals surface area contributed by atoms with E-state index in [0.29, 0.717) is 12.1 Å². The molecule has 2 N–H and O–H groups in total. The summed E-state index contributed by atoms with van der Waals surface area (Å²) in [4.78, 5) is 28.4. The standard InChI is InChI=1S/C22H23F3N4O5/c1-5-16(29-20(31)34-21(2,3)4)19(30)28-14-7-9-18(27-12-14)32-15-8-6-13(11-26)17(10-15)33-22(23,24)25/h6-10,12,16H,5H2,1-4H3,(H,28,30)(H,29,31)/t16-/m1/s1. The molecule has 0 aliphatic heterocycles. The normalized spacial score (nSPS) is 12.2. The molecule has 0 fully saturated rings. The van der Waals surface area contributed by atoms with E-state index in [1.165, 1.54) is 24.4 Å². The number of alkyl carbamates (subject to hydrolysis) is 1. The predicted octanol–water partition coefficient (Wildman–Crippen LogP) is 4.89. The number of hydrogen-bond acceptors (Lipinski definition) is 7. The first-order valence-corrected chi connectivity index (χ1v) is 10.0. The zero-order valence-electron chi connectivity index (χ0n) is 18.8. The minimum Gasteiger partial charge on any atom is -0.444 e. The third kappa shape index (κ3) is 8.50. The summed E-state index contributed by atoms with van der Waals surface area (Å²) in [6.45, 7) is 6.81. The van der Waals surface area contributed by atoms with Gasteiger partial charge in [-0.15, -0.1) is 13.2 Å². The van der Waals surface area contributed by atoms with Gasteiger partial charge in [-0.25, -0.2) is 9.78 Å². The molecule has 1 aromatic carbocycles. The maximum absolute atomic E-state index is 12.5. The molecule has 1 aromatic heterocycles. The first-order valence-electron chi connectivity index (χ1n) is 10.0. The van der Waals surface area contributed by atoms with Gasteiger partial charge in [0.15, 0.2) is 5.75 Å². The summed E-state index contributed by atoms with van der Waals surface area (Å²) >= 11 is 0. The van der Waals surface area contributed by atoms with Gasteiger partial charge in [0.2, 0.25) is 11.8 Å². The lowest BCUT2D eigenvalue weighted by Gasteiger charge is -2.22. The van der Waals surface area contributed by atoms with Crippen LogP contribution in [0.5, 0.6) is 17.4 Å². The van der Waals surface area contributed by atoms with Crippen LogP contribution in [0.1, 0.15) is 39.7 Å². The van der Waals surface area contributed by atoms with Crippen molar-refractivity contribution in [2.45, 2.75) is 52.1 Å². The maximum atomic E-state index is 12.5. The summed E-state index contributed by atoms with van der Waals surface area (Å²) in [5.74, 6) is -1.24. The van der Waals surface area contributed by atoms with Crippen LogP contribution in [0.3, 0.4) is 0 Å². The third-order valence-electron chi connectivity index (χ3n) is 3.94. The van der Waals surface area contributed by atoms with Crippen LogP contribution >= 0.6 is 0 Å². The number of rotatable bonds is 7. The number of pyridine rings is 1. The smallest absolute Gasteiger partial charge is 0.444 e. The second-order valence-corrected chi connectivity index (χ2v) is 7.90. The minimum atomic E-state index is -4.98. The molecular weight excluding hydrogens is 457 g/mol. The highest BCUT2D eigenvalue weighted by atomic mass is 19.4. The predicted molar refractivity (Wildman–Crippen MR) is 114 cm³/mol. The highest BCUT2D eigenvalue weighted by Gasteiger charge is 2.32. The van der Waals surface area contributed by atoms with Crippen LogP contribution in [-0.2, 0) is 9.53 Å². The van der Waals surface area contributed by atoms with Gasteiger partial charge in [-0.1, -0.05) is 6.92 Å². The van der Waals surface area contributed by atoms with Crippen molar-refractivity contribution in [3.8, 4) is 23.4 Å². The van der Waals surface area contributed by atoms with Gasteiger partial charge in [0.05, 0.1) is 17.4 Å². The van der Waals surface area contributed by atoms with Crippen molar-refractivity contribution in [1.82, 2.24) is 10.3 Å². The van der Waals surface area contributed by atoms with Crippen LogP contribution in [0.2, 0.25) is 0 Å². The van der Waals surface area contributed by atoms with Crippen molar-refractivity contribution in [3.05, 3.63) is 42.1 Å². The number of carbonyl (C=O) groups is 2. The number of anilines is 1. The van der Waals surface area contributed by atoms with Crippen molar-refractivity contribution in [3.63, 3.8) is 0 Å². The largest absolute Gasteiger partial charge is 0.573 e. The Balaban J connectivity index is 2.04. The zero-order valence-corrected chi connectivity index (χ0v) is 18.8. The number of nitriles is 1. The highest BCUT2D eigenvalue weighted by molar-refractivity contribution is 5.96. The number of nitrogens with one attached hydrogen (secondary N) is 2. The number of benzene rings is 1. The molecule has 1 heterocycles. The second kappa shape index (κ2) is 10.7. The molecule has 0 aliphatic rings. The van der Waals surface area contributed by atoms with E-state index in [4.69, 9.17) is 14.7 Å². The van der Waals surface area contributed by atoms with E-state index in [-0.39, 0.29) is 17.2 Å². The summed E-state index contributed by atoms with van der Waals surface area (Å²) in [7, 11) is 0. The number of carbonyl (C=O) groups excluding carboxylic acids is 2. The van der Waals surface area contributed by atoms with Gasteiger partial charge >= 0.3 is 12.5 Å². The number of hydrogen-bond donors (Lipinski definition) is 2. The summed E-state index contributed by atoms with van der Waals surface area (Å²) in [5.41, 5.74) is -0.739. The first-order chi connectivity index (χ1) is 15.8. The van der Waals surface area contributed by atoms with E-state index in [2.05, 4.69) is 20.4 Å². The van der Waals surface area contributed by atoms with Crippen molar-refractivity contribution < 1.29 is 37.0 Å².